The largest absolute Gasteiger partial charge is 0.293 e. The Morgan fingerprint density at radius 1 is 0.750 bits per heavy atom. The Morgan fingerprint density at radius 2 is 1.18 bits per heavy atom. The van der Waals surface area contributed by atoms with Gasteiger partial charge in [0.15, 0.2) is 11.6 Å². The van der Waals surface area contributed by atoms with Gasteiger partial charge >= 0.3 is 0 Å². The van der Waals surface area contributed by atoms with Gasteiger partial charge in [0.2, 0.25) is 0 Å². The van der Waals surface area contributed by atoms with E-state index in [2.05, 4.69) is 13.8 Å². The highest BCUT2D eigenvalue weighted by atomic mass is 16.1. The number of carbonyl (C=O) groups is 2. The predicted molar refractivity (Wildman–Crippen MR) is 113 cm³/mol. The van der Waals surface area contributed by atoms with Gasteiger partial charge < -0.3 is 0 Å². The molecular weight excluding hydrogens is 344 g/mol. The first kappa shape index (κ1) is 17.6. The third-order valence-electron chi connectivity index (χ3n) is 7.07. The highest BCUT2D eigenvalue weighted by Crippen LogP contribution is 2.51. The van der Waals surface area contributed by atoms with E-state index >= 15 is 0 Å². The van der Waals surface area contributed by atoms with Crippen molar-refractivity contribution in [2.24, 2.45) is 11.8 Å². The zero-order valence-corrected chi connectivity index (χ0v) is 16.7. The van der Waals surface area contributed by atoms with Crippen LogP contribution in [0.5, 0.6) is 0 Å². The predicted octanol–water partition coefficient (Wildman–Crippen LogP) is 6.45. The van der Waals surface area contributed by atoms with Crippen LogP contribution < -0.4 is 0 Å². The zero-order chi connectivity index (χ0) is 19.4. The first-order chi connectivity index (χ1) is 13.7. The molecule has 0 N–H and O–H groups in total. The van der Waals surface area contributed by atoms with E-state index in [0.717, 1.165) is 36.5 Å². The molecule has 0 saturated heterocycles. The molecule has 2 heteroatoms. The second-order valence-electron chi connectivity index (χ2n) is 8.35. The highest BCUT2D eigenvalue weighted by Gasteiger charge is 2.48. The fourth-order valence-electron chi connectivity index (χ4n) is 5.86. The summed E-state index contributed by atoms with van der Waals surface area (Å²) < 4.78 is 0. The SMILES string of the molecule is CCC1=C2CCCCC2=C(CC)C2C(=O)c3cc4ccccc4cc3C(=O)C12. The van der Waals surface area contributed by atoms with Crippen molar-refractivity contribution in [3.8, 4) is 0 Å². The van der Waals surface area contributed by atoms with Gasteiger partial charge in [0.25, 0.3) is 0 Å². The van der Waals surface area contributed by atoms with E-state index in [1.54, 1.807) is 0 Å². The Balaban J connectivity index is 1.78. The molecule has 0 spiro atoms. The molecule has 28 heavy (non-hydrogen) atoms. The number of allylic oxidation sites excluding steroid dienone is 4. The maximum atomic E-state index is 13.7. The lowest BCUT2D eigenvalue weighted by Gasteiger charge is -2.41. The first-order valence-electron chi connectivity index (χ1n) is 10.7. The third kappa shape index (κ3) is 2.33. The van der Waals surface area contributed by atoms with E-state index in [1.165, 1.54) is 35.1 Å². The summed E-state index contributed by atoms with van der Waals surface area (Å²) in [6.07, 6.45) is 6.24. The average Bonchev–Trinajstić information content (AvgIpc) is 2.74. The zero-order valence-electron chi connectivity index (χ0n) is 16.7. The van der Waals surface area contributed by atoms with Crippen LogP contribution in [0.3, 0.4) is 0 Å². The van der Waals surface area contributed by atoms with E-state index in [0.29, 0.717) is 11.1 Å². The smallest absolute Gasteiger partial charge is 0.171 e. The fraction of sp³-hybridized carbons (Fsp3) is 0.385. The van der Waals surface area contributed by atoms with Gasteiger partial charge in [-0.2, -0.15) is 0 Å². The number of ketones is 2. The van der Waals surface area contributed by atoms with Gasteiger partial charge in [-0.1, -0.05) is 49.3 Å². The lowest BCUT2D eigenvalue weighted by Crippen LogP contribution is -2.42. The van der Waals surface area contributed by atoms with Gasteiger partial charge in [0.1, 0.15) is 0 Å². The Kier molecular flexibility index (Phi) is 4.12. The molecule has 3 aliphatic rings. The molecule has 0 aliphatic heterocycles. The van der Waals surface area contributed by atoms with E-state index in [4.69, 9.17) is 0 Å². The Hall–Kier alpha value is -2.48. The summed E-state index contributed by atoms with van der Waals surface area (Å²) in [5.74, 6) is -0.244. The molecule has 2 nitrogen and oxygen atoms in total. The monoisotopic (exact) mass is 370 g/mol. The van der Waals surface area contributed by atoms with Crippen molar-refractivity contribution in [2.45, 2.75) is 52.4 Å². The molecule has 0 aromatic heterocycles. The van der Waals surface area contributed by atoms with Crippen molar-refractivity contribution in [1.82, 2.24) is 0 Å². The van der Waals surface area contributed by atoms with Crippen molar-refractivity contribution < 1.29 is 9.59 Å². The molecule has 2 aromatic rings. The van der Waals surface area contributed by atoms with Gasteiger partial charge in [-0.3, -0.25) is 9.59 Å². The molecule has 1 saturated carbocycles. The van der Waals surface area contributed by atoms with Crippen molar-refractivity contribution in [2.75, 3.05) is 0 Å². The lowest BCUT2D eigenvalue weighted by atomic mass is 9.60. The summed E-state index contributed by atoms with van der Waals surface area (Å²) in [6.45, 7) is 4.30. The third-order valence-corrected chi connectivity index (χ3v) is 7.07. The van der Waals surface area contributed by atoms with Crippen LogP contribution in [0, 0.1) is 11.8 Å². The van der Waals surface area contributed by atoms with Crippen LogP contribution in [0.15, 0.2) is 58.7 Å². The summed E-state index contributed by atoms with van der Waals surface area (Å²) in [7, 11) is 0. The molecule has 142 valence electrons. The van der Waals surface area contributed by atoms with Crippen LogP contribution in [0.2, 0.25) is 0 Å². The Labute approximate surface area is 166 Å². The number of hydrogen-bond donors (Lipinski definition) is 0. The molecule has 0 bridgehead atoms. The summed E-state index contributed by atoms with van der Waals surface area (Å²) in [4.78, 5) is 27.5. The topological polar surface area (TPSA) is 34.1 Å². The van der Waals surface area contributed by atoms with E-state index in [1.807, 2.05) is 36.4 Å². The highest BCUT2D eigenvalue weighted by molar-refractivity contribution is 6.20. The second-order valence-corrected chi connectivity index (χ2v) is 8.35. The quantitative estimate of drug-likeness (QED) is 0.608. The van der Waals surface area contributed by atoms with Crippen LogP contribution in [-0.2, 0) is 0 Å². The molecule has 0 radical (unpaired) electrons. The van der Waals surface area contributed by atoms with E-state index in [9.17, 15) is 9.59 Å². The summed E-state index contributed by atoms with van der Waals surface area (Å²) >= 11 is 0. The number of Topliss-reactive ketones (excluding diaryl/α,β-unsaturated/α-hetero) is 2. The number of carbonyl (C=O) groups excluding carboxylic acids is 2. The molecule has 1 fully saturated rings. The van der Waals surface area contributed by atoms with Crippen LogP contribution >= 0.6 is 0 Å². The Bertz CT molecular complexity index is 996. The van der Waals surface area contributed by atoms with Gasteiger partial charge in [0, 0.05) is 11.1 Å². The Morgan fingerprint density at radius 3 is 1.57 bits per heavy atom. The fourth-order valence-corrected chi connectivity index (χ4v) is 5.86. The van der Waals surface area contributed by atoms with Crippen molar-refractivity contribution in [3.63, 3.8) is 0 Å². The number of rotatable bonds is 2. The molecule has 0 amide bonds. The molecule has 0 heterocycles. The van der Waals surface area contributed by atoms with Crippen LogP contribution in [0.25, 0.3) is 10.8 Å². The second kappa shape index (κ2) is 6.55. The summed E-state index contributed by atoms with van der Waals surface area (Å²) in [5.41, 5.74) is 6.58. The van der Waals surface area contributed by atoms with Gasteiger partial charge in [-0.15, -0.1) is 0 Å². The van der Waals surface area contributed by atoms with Gasteiger partial charge in [-0.25, -0.2) is 0 Å². The molecule has 2 unspecified atom stereocenters. The van der Waals surface area contributed by atoms with Crippen molar-refractivity contribution in [1.29, 1.82) is 0 Å². The molecular formula is C26H26O2. The molecule has 5 rings (SSSR count). The van der Waals surface area contributed by atoms with E-state index in [-0.39, 0.29) is 23.4 Å². The minimum Gasteiger partial charge on any atom is -0.293 e. The standard InChI is InChI=1S/C26H26O2/c1-3-17-19-11-7-8-12-20(19)18(4-2)24-23(17)25(27)21-13-15-9-5-6-10-16(15)14-22(21)26(24)28/h5-6,9-10,13-14,23-24H,3-4,7-8,11-12H2,1-2H3. The minimum absolute atomic E-state index is 0.158. The van der Waals surface area contributed by atoms with Crippen molar-refractivity contribution >= 4 is 22.3 Å². The maximum absolute atomic E-state index is 13.7. The first-order valence-corrected chi connectivity index (χ1v) is 10.7. The maximum Gasteiger partial charge on any atom is 0.171 e. The molecule has 2 atom stereocenters. The molecule has 2 aromatic carbocycles. The number of benzene rings is 2. The lowest BCUT2D eigenvalue weighted by molar-refractivity contribution is 0.0778. The van der Waals surface area contributed by atoms with Crippen LogP contribution in [0.4, 0.5) is 0 Å². The number of hydrogen-bond acceptors (Lipinski definition) is 2. The number of fused-ring (bicyclic) bond motifs is 4. The summed E-state index contributed by atoms with van der Waals surface area (Å²) in [6, 6.07) is 11.9. The minimum atomic E-state index is -0.280. The van der Waals surface area contributed by atoms with Gasteiger partial charge in [0.05, 0.1) is 11.8 Å². The van der Waals surface area contributed by atoms with E-state index < -0.39 is 0 Å². The van der Waals surface area contributed by atoms with Gasteiger partial charge in [-0.05, 0) is 72.6 Å². The van der Waals surface area contributed by atoms with Crippen LogP contribution in [0.1, 0.15) is 73.1 Å². The van der Waals surface area contributed by atoms with Crippen LogP contribution in [-0.4, -0.2) is 11.6 Å². The van der Waals surface area contributed by atoms with Crippen molar-refractivity contribution in [3.05, 3.63) is 69.8 Å². The average molecular weight is 370 g/mol. The normalized spacial score (nSPS) is 24.4. The molecule has 3 aliphatic carbocycles. The summed E-state index contributed by atoms with van der Waals surface area (Å²) in [5, 5.41) is 2.07.